The summed E-state index contributed by atoms with van der Waals surface area (Å²) in [6.07, 6.45) is 0. The number of hydrogen-bond acceptors (Lipinski definition) is 6. The van der Waals surface area contributed by atoms with Crippen LogP contribution in [0.4, 0.5) is 4.39 Å². The summed E-state index contributed by atoms with van der Waals surface area (Å²) in [5, 5.41) is 7.61. The Labute approximate surface area is 157 Å². The molecule has 8 nitrogen and oxygen atoms in total. The van der Waals surface area contributed by atoms with E-state index >= 15 is 0 Å². The molecule has 0 bridgehead atoms. The maximum Gasteiger partial charge on any atom is 0.311 e. The van der Waals surface area contributed by atoms with E-state index in [9.17, 15) is 17.6 Å². The molecule has 27 heavy (non-hydrogen) atoms. The third kappa shape index (κ3) is 3.86. The molecule has 0 unspecified atom stereocenters. The fraction of sp³-hybridized carbons (Fsp3) is 0.471. The van der Waals surface area contributed by atoms with Gasteiger partial charge in [-0.25, -0.2) is 12.8 Å². The molecule has 0 N–H and O–H groups in total. The first-order valence-corrected chi connectivity index (χ1v) is 10.0. The molecule has 1 aliphatic heterocycles. The Morgan fingerprint density at radius 1 is 1.19 bits per heavy atom. The van der Waals surface area contributed by atoms with Crippen LogP contribution in [0.15, 0.2) is 27.5 Å². The fourth-order valence-electron chi connectivity index (χ4n) is 2.86. The molecule has 3 rings (SSSR count). The Hall–Kier alpha value is -2.33. The number of nitrogens with zero attached hydrogens (tertiary/aromatic N) is 4. The highest BCUT2D eigenvalue weighted by Crippen LogP contribution is 2.22. The third-order valence-corrected chi connectivity index (χ3v) is 6.46. The molecule has 146 valence electrons. The number of carbonyl (C=O) groups excluding carboxylic acids is 1. The molecule has 2 aromatic rings. The normalized spacial score (nSPS) is 16.1. The van der Waals surface area contributed by atoms with Crippen LogP contribution in [0.5, 0.6) is 0 Å². The van der Waals surface area contributed by atoms with E-state index in [1.807, 2.05) is 13.8 Å². The molecule has 0 spiro atoms. The number of aromatic nitrogens is 2. The fourth-order valence-corrected chi connectivity index (χ4v) is 4.49. The van der Waals surface area contributed by atoms with Gasteiger partial charge in [-0.15, -0.1) is 10.2 Å². The molecular weight excluding hydrogens is 375 g/mol. The molecule has 1 amide bonds. The molecule has 1 aromatic heterocycles. The summed E-state index contributed by atoms with van der Waals surface area (Å²) in [7, 11) is -3.75. The minimum absolute atomic E-state index is 0.0139. The summed E-state index contributed by atoms with van der Waals surface area (Å²) in [4.78, 5) is 14.0. The summed E-state index contributed by atoms with van der Waals surface area (Å²) >= 11 is 0. The molecule has 0 radical (unpaired) electrons. The van der Waals surface area contributed by atoms with Crippen molar-refractivity contribution in [2.24, 2.45) is 0 Å². The number of piperazine rings is 1. The molecule has 1 fully saturated rings. The van der Waals surface area contributed by atoms with Gasteiger partial charge in [0.1, 0.15) is 5.82 Å². The van der Waals surface area contributed by atoms with Crippen molar-refractivity contribution in [1.82, 2.24) is 19.4 Å². The van der Waals surface area contributed by atoms with Gasteiger partial charge in [-0.05, 0) is 30.7 Å². The van der Waals surface area contributed by atoms with Gasteiger partial charge in [-0.1, -0.05) is 13.8 Å². The lowest BCUT2D eigenvalue weighted by atomic mass is 10.2. The largest absolute Gasteiger partial charge is 0.417 e. The summed E-state index contributed by atoms with van der Waals surface area (Å²) in [5.41, 5.74) is 0.348. The van der Waals surface area contributed by atoms with Crippen LogP contribution in [0, 0.1) is 12.7 Å². The van der Waals surface area contributed by atoms with Crippen LogP contribution in [0.2, 0.25) is 0 Å². The van der Waals surface area contributed by atoms with E-state index < -0.39 is 21.7 Å². The molecule has 0 atom stereocenters. The highest BCUT2D eigenvalue weighted by Gasteiger charge is 2.33. The van der Waals surface area contributed by atoms with E-state index in [1.165, 1.54) is 21.3 Å². The summed E-state index contributed by atoms with van der Waals surface area (Å²) in [6.45, 7) is 5.99. The van der Waals surface area contributed by atoms with Crippen molar-refractivity contribution >= 4 is 15.9 Å². The first-order valence-electron chi connectivity index (χ1n) is 8.59. The monoisotopic (exact) mass is 396 g/mol. The van der Waals surface area contributed by atoms with Crippen molar-refractivity contribution in [3.05, 3.63) is 41.4 Å². The SMILES string of the molecule is Cc1cc(F)ccc1S(=O)(=O)N1CCN(C(=O)c2nnc(C(C)C)o2)CC1. The molecule has 1 saturated heterocycles. The Kier molecular flexibility index (Phi) is 5.29. The van der Waals surface area contributed by atoms with Crippen molar-refractivity contribution in [3.8, 4) is 0 Å². The minimum atomic E-state index is -3.75. The zero-order valence-corrected chi connectivity index (χ0v) is 16.2. The van der Waals surface area contributed by atoms with E-state index in [2.05, 4.69) is 10.2 Å². The van der Waals surface area contributed by atoms with Crippen molar-refractivity contribution in [3.63, 3.8) is 0 Å². The number of benzene rings is 1. The third-order valence-electron chi connectivity index (χ3n) is 4.40. The summed E-state index contributed by atoms with van der Waals surface area (Å²) in [5.74, 6) is -0.595. The molecule has 0 aliphatic carbocycles. The van der Waals surface area contributed by atoms with E-state index in [1.54, 1.807) is 6.92 Å². The van der Waals surface area contributed by atoms with Crippen LogP contribution in [0.3, 0.4) is 0 Å². The number of sulfonamides is 1. The predicted molar refractivity (Wildman–Crippen MR) is 94.2 cm³/mol. The lowest BCUT2D eigenvalue weighted by Gasteiger charge is -2.33. The van der Waals surface area contributed by atoms with Gasteiger partial charge < -0.3 is 9.32 Å². The molecule has 0 saturated carbocycles. The van der Waals surface area contributed by atoms with Crippen molar-refractivity contribution in [2.75, 3.05) is 26.2 Å². The lowest BCUT2D eigenvalue weighted by molar-refractivity contribution is 0.0655. The average molecular weight is 396 g/mol. The van der Waals surface area contributed by atoms with E-state index in [4.69, 9.17) is 4.42 Å². The second-order valence-electron chi connectivity index (χ2n) is 6.71. The minimum Gasteiger partial charge on any atom is -0.417 e. The van der Waals surface area contributed by atoms with Gasteiger partial charge in [0.15, 0.2) is 0 Å². The first kappa shape index (κ1) is 19.4. The second kappa shape index (κ2) is 7.35. The van der Waals surface area contributed by atoms with Crippen LogP contribution in [-0.4, -0.2) is 59.9 Å². The number of aryl methyl sites for hydroxylation is 1. The standard InChI is InChI=1S/C17H21FN4O4S/c1-11(2)15-19-20-16(26-15)17(23)21-6-8-22(9-7-21)27(24,25)14-5-4-13(18)10-12(14)3/h4-5,10-11H,6-9H2,1-3H3. The maximum absolute atomic E-state index is 13.3. The highest BCUT2D eigenvalue weighted by molar-refractivity contribution is 7.89. The number of rotatable bonds is 4. The van der Waals surface area contributed by atoms with Crippen LogP contribution < -0.4 is 0 Å². The van der Waals surface area contributed by atoms with Crippen LogP contribution in [-0.2, 0) is 10.0 Å². The van der Waals surface area contributed by atoms with Gasteiger partial charge in [-0.3, -0.25) is 4.79 Å². The van der Waals surface area contributed by atoms with E-state index in [0.717, 1.165) is 6.07 Å². The summed E-state index contributed by atoms with van der Waals surface area (Å²) in [6, 6.07) is 3.58. The van der Waals surface area contributed by atoms with Gasteiger partial charge in [0.05, 0.1) is 4.90 Å². The predicted octanol–water partition coefficient (Wildman–Crippen LogP) is 1.79. The quantitative estimate of drug-likeness (QED) is 0.782. The Morgan fingerprint density at radius 3 is 2.41 bits per heavy atom. The lowest BCUT2D eigenvalue weighted by Crippen LogP contribution is -2.50. The van der Waals surface area contributed by atoms with Crippen LogP contribution in [0.1, 0.15) is 41.9 Å². The molecule has 2 heterocycles. The van der Waals surface area contributed by atoms with Gasteiger partial charge in [0.2, 0.25) is 15.9 Å². The zero-order chi connectivity index (χ0) is 19.8. The molecular formula is C17H21FN4O4S. The van der Waals surface area contributed by atoms with Crippen LogP contribution in [0.25, 0.3) is 0 Å². The van der Waals surface area contributed by atoms with Crippen molar-refractivity contribution in [1.29, 1.82) is 0 Å². The molecule has 10 heteroatoms. The number of amides is 1. The Morgan fingerprint density at radius 2 is 1.85 bits per heavy atom. The van der Waals surface area contributed by atoms with Crippen molar-refractivity contribution < 1.29 is 22.0 Å². The molecule has 1 aromatic carbocycles. The smallest absolute Gasteiger partial charge is 0.311 e. The number of carbonyl (C=O) groups is 1. The van der Waals surface area contributed by atoms with Gasteiger partial charge in [0, 0.05) is 32.1 Å². The Bertz CT molecular complexity index is 950. The maximum atomic E-state index is 13.3. The van der Waals surface area contributed by atoms with E-state index in [0.29, 0.717) is 11.5 Å². The first-order chi connectivity index (χ1) is 12.7. The second-order valence-corrected chi connectivity index (χ2v) is 8.61. The molecule has 1 aliphatic rings. The van der Waals surface area contributed by atoms with Gasteiger partial charge in [0.25, 0.3) is 0 Å². The van der Waals surface area contributed by atoms with Gasteiger partial charge in [-0.2, -0.15) is 4.31 Å². The topological polar surface area (TPSA) is 96.6 Å². The Balaban J connectivity index is 1.69. The van der Waals surface area contributed by atoms with Crippen LogP contribution >= 0.6 is 0 Å². The average Bonchev–Trinajstić information content (AvgIpc) is 3.11. The van der Waals surface area contributed by atoms with E-state index in [-0.39, 0.29) is 42.9 Å². The van der Waals surface area contributed by atoms with Crippen molar-refractivity contribution in [2.45, 2.75) is 31.6 Å². The number of hydrogen-bond donors (Lipinski definition) is 0. The number of halogens is 1. The highest BCUT2D eigenvalue weighted by atomic mass is 32.2. The zero-order valence-electron chi connectivity index (χ0n) is 15.3. The van der Waals surface area contributed by atoms with Gasteiger partial charge >= 0.3 is 11.8 Å². The summed E-state index contributed by atoms with van der Waals surface area (Å²) < 4.78 is 45.5.